The van der Waals surface area contributed by atoms with Gasteiger partial charge in [-0.2, -0.15) is 0 Å². The third-order valence-corrected chi connectivity index (χ3v) is 6.11. The zero-order valence-corrected chi connectivity index (χ0v) is 22.9. The number of aromatic amines is 2. The molecule has 8 bridgehead atoms. The summed E-state index contributed by atoms with van der Waals surface area (Å²) in [6.07, 6.45) is 12.3. The van der Waals surface area contributed by atoms with Crippen LogP contribution >= 0.6 is 0 Å². The monoisotopic (exact) mass is 516 g/mol. The van der Waals surface area contributed by atoms with Crippen molar-refractivity contribution >= 4 is 81.6 Å². The normalized spacial score (nSPS) is 11.6. The van der Waals surface area contributed by atoms with Gasteiger partial charge in [0.05, 0.1) is 22.8 Å². The minimum atomic E-state index is 0. The Bertz CT molecular complexity index is 1690. The van der Waals surface area contributed by atoms with Gasteiger partial charge in [-0.15, -0.1) is 0 Å². The van der Waals surface area contributed by atoms with Crippen molar-refractivity contribution in [3.8, 4) is 0 Å². The van der Waals surface area contributed by atoms with Crippen molar-refractivity contribution in [2.75, 3.05) is 0 Å². The zero-order chi connectivity index (χ0) is 25.6. The number of rotatable bonds is 2. The van der Waals surface area contributed by atoms with Crippen LogP contribution in [0.1, 0.15) is 36.8 Å². The molecule has 0 saturated heterocycles. The number of aromatic nitrogens is 4. The van der Waals surface area contributed by atoms with Crippen LogP contribution in [0.15, 0.2) is 109 Å². The number of hydrogen-bond acceptors (Lipinski definition) is 2. The summed E-state index contributed by atoms with van der Waals surface area (Å²) < 4.78 is 0. The molecule has 0 fully saturated rings. The molecular formula is C34H28MgN4. The maximum atomic E-state index is 4.62. The van der Waals surface area contributed by atoms with Crippen molar-refractivity contribution in [3.05, 3.63) is 143 Å². The van der Waals surface area contributed by atoms with Crippen molar-refractivity contribution in [2.45, 2.75) is 0 Å². The van der Waals surface area contributed by atoms with E-state index in [4.69, 9.17) is 0 Å². The van der Waals surface area contributed by atoms with Crippen molar-refractivity contribution in [2.24, 2.45) is 0 Å². The molecule has 39 heavy (non-hydrogen) atoms. The molecule has 0 unspecified atom stereocenters. The molecule has 7 rings (SSSR count). The first-order valence-corrected chi connectivity index (χ1v) is 12.6. The summed E-state index contributed by atoms with van der Waals surface area (Å²) in [5.41, 5.74) is 10.3. The SMILES string of the molecule is C(=Cc1ccccc1)c1ccccc1.C1=Cc2cc3ccc(cc4ccc(cc5nc(cc1n2)C=C5)[nH]4)[nH]3.[H-].[H-].[Mg+2]. The van der Waals surface area contributed by atoms with Gasteiger partial charge in [0.1, 0.15) is 0 Å². The molecule has 2 N–H and O–H groups in total. The van der Waals surface area contributed by atoms with Crippen LogP contribution in [0.2, 0.25) is 0 Å². The summed E-state index contributed by atoms with van der Waals surface area (Å²) in [5, 5.41) is 0. The molecule has 5 aromatic rings. The van der Waals surface area contributed by atoms with Crippen LogP contribution < -0.4 is 0 Å². The quantitative estimate of drug-likeness (QED) is 0.179. The smallest absolute Gasteiger partial charge is 1.00 e. The molecule has 0 radical (unpaired) electrons. The molecule has 0 saturated carbocycles. The number of nitrogens with zero attached hydrogens (tertiary/aromatic N) is 2. The Labute approximate surface area is 246 Å². The summed E-state index contributed by atoms with van der Waals surface area (Å²) in [4.78, 5) is 16.0. The molecule has 186 valence electrons. The number of nitrogens with one attached hydrogen (secondary N) is 2. The second-order valence-electron chi connectivity index (χ2n) is 9.06. The van der Waals surface area contributed by atoms with Gasteiger partial charge in [0.25, 0.3) is 0 Å². The fraction of sp³-hybridized carbons (Fsp3) is 0. The van der Waals surface area contributed by atoms with E-state index in [0.29, 0.717) is 0 Å². The number of H-pyrrole nitrogens is 2. The fourth-order valence-corrected chi connectivity index (χ4v) is 4.26. The molecule has 0 atom stereocenters. The van der Waals surface area contributed by atoms with Crippen molar-refractivity contribution in [1.29, 1.82) is 0 Å². The molecule has 4 nitrogen and oxygen atoms in total. The average molecular weight is 517 g/mol. The standard InChI is InChI=1S/C20H14N4.C14H12.Mg.2H/c1-2-14-10-16-5-6-18(23-16)12-20-8-7-19(24-20)11-17-4-3-15(22-17)9-13(1)21-14;1-3-7-13(8-4-1)11-12-14-9-5-2-6-10-14;;;/h1-12,21-22H;1-12H;;;/q;;+2;2*-1. The third kappa shape index (κ3) is 7.11. The maximum absolute atomic E-state index is 4.62. The summed E-state index contributed by atoms with van der Waals surface area (Å²) in [6, 6.07) is 37.0. The molecular weight excluding hydrogens is 489 g/mol. The van der Waals surface area contributed by atoms with E-state index >= 15 is 0 Å². The van der Waals surface area contributed by atoms with E-state index in [-0.39, 0.29) is 25.9 Å². The van der Waals surface area contributed by atoms with Crippen molar-refractivity contribution in [1.82, 2.24) is 19.9 Å². The predicted molar refractivity (Wildman–Crippen MR) is 169 cm³/mol. The van der Waals surface area contributed by atoms with E-state index in [9.17, 15) is 0 Å². The van der Waals surface area contributed by atoms with Crippen LogP contribution in [0.25, 0.3) is 58.5 Å². The number of fused-ring (bicyclic) bond motifs is 8. The van der Waals surface area contributed by atoms with Gasteiger partial charge in [0, 0.05) is 22.1 Å². The van der Waals surface area contributed by atoms with Gasteiger partial charge in [-0.25, -0.2) is 9.97 Å². The van der Waals surface area contributed by atoms with Crippen LogP contribution in [-0.4, -0.2) is 43.0 Å². The molecule has 2 aliphatic rings. The molecule has 5 heterocycles. The molecule has 0 aliphatic carbocycles. The van der Waals surface area contributed by atoms with E-state index in [0.717, 1.165) is 44.8 Å². The summed E-state index contributed by atoms with van der Waals surface area (Å²) in [6.45, 7) is 0. The van der Waals surface area contributed by atoms with Gasteiger partial charge in [-0.05, 0) is 84.0 Å². The number of hydrogen-bond donors (Lipinski definition) is 2. The van der Waals surface area contributed by atoms with Crippen LogP contribution in [0.5, 0.6) is 0 Å². The molecule has 5 heteroatoms. The average Bonchev–Trinajstić information content (AvgIpc) is 3.76. The fourth-order valence-electron chi connectivity index (χ4n) is 4.26. The van der Waals surface area contributed by atoms with Crippen LogP contribution in [0.4, 0.5) is 0 Å². The first-order valence-electron chi connectivity index (χ1n) is 12.6. The van der Waals surface area contributed by atoms with Gasteiger partial charge in [-0.3, -0.25) is 0 Å². The van der Waals surface area contributed by atoms with Gasteiger partial charge in [0.2, 0.25) is 0 Å². The summed E-state index contributed by atoms with van der Waals surface area (Å²) >= 11 is 0. The minimum absolute atomic E-state index is 0. The van der Waals surface area contributed by atoms with Gasteiger partial charge >= 0.3 is 23.1 Å². The molecule has 0 amide bonds. The summed E-state index contributed by atoms with van der Waals surface area (Å²) in [5.74, 6) is 0. The zero-order valence-electron chi connectivity index (χ0n) is 23.5. The predicted octanol–water partition coefficient (Wildman–Crippen LogP) is 8.36. The van der Waals surface area contributed by atoms with E-state index < -0.39 is 0 Å². The second kappa shape index (κ2) is 12.4. The van der Waals surface area contributed by atoms with E-state index in [1.165, 1.54) is 11.1 Å². The second-order valence-corrected chi connectivity index (χ2v) is 9.06. The van der Waals surface area contributed by atoms with Gasteiger partial charge in [0.15, 0.2) is 0 Å². The Kier molecular flexibility index (Phi) is 8.31. The van der Waals surface area contributed by atoms with Crippen molar-refractivity contribution in [3.63, 3.8) is 0 Å². The molecule has 2 aromatic carbocycles. The maximum Gasteiger partial charge on any atom is 2.00 e. The molecule has 0 spiro atoms. The first-order chi connectivity index (χ1) is 18.7. The minimum Gasteiger partial charge on any atom is -1.00 e. The van der Waals surface area contributed by atoms with Crippen LogP contribution in [0, 0.1) is 0 Å². The first kappa shape index (κ1) is 26.2. The van der Waals surface area contributed by atoms with E-state index in [1.807, 2.05) is 78.9 Å². The Morgan fingerprint density at radius 1 is 0.436 bits per heavy atom. The number of benzene rings is 2. The largest absolute Gasteiger partial charge is 2.00 e. The third-order valence-electron chi connectivity index (χ3n) is 6.11. The molecule has 2 aliphatic heterocycles. The van der Waals surface area contributed by atoms with Gasteiger partial charge in [-0.1, -0.05) is 72.8 Å². The van der Waals surface area contributed by atoms with Crippen LogP contribution in [0.3, 0.4) is 0 Å². The van der Waals surface area contributed by atoms with Crippen molar-refractivity contribution < 1.29 is 2.85 Å². The van der Waals surface area contributed by atoms with E-state index in [1.54, 1.807) is 0 Å². The Balaban J connectivity index is 0.000000237. The summed E-state index contributed by atoms with van der Waals surface area (Å²) in [7, 11) is 0. The van der Waals surface area contributed by atoms with Crippen LogP contribution in [-0.2, 0) is 0 Å². The Morgan fingerprint density at radius 2 is 0.795 bits per heavy atom. The topological polar surface area (TPSA) is 57.4 Å². The van der Waals surface area contributed by atoms with Gasteiger partial charge < -0.3 is 12.8 Å². The molecule has 3 aromatic heterocycles. The van der Waals surface area contributed by atoms with E-state index in [2.05, 4.69) is 86.7 Å². The Morgan fingerprint density at radius 3 is 1.21 bits per heavy atom. The Hall–Kier alpha value is -4.45.